The second kappa shape index (κ2) is 7.34. The molecule has 0 fully saturated rings. The molecule has 0 saturated carbocycles. The van der Waals surface area contributed by atoms with Crippen molar-refractivity contribution in [3.05, 3.63) is 52.5 Å². The number of fused-ring (bicyclic) bond motifs is 1. The van der Waals surface area contributed by atoms with Gasteiger partial charge in [-0.05, 0) is 38.2 Å². The highest BCUT2D eigenvalue weighted by atomic mass is 16.2. The normalized spacial score (nSPS) is 14.3. The Morgan fingerprint density at radius 3 is 2.75 bits per heavy atom. The minimum atomic E-state index is -0.241. The molecule has 0 radical (unpaired) electrons. The fourth-order valence-corrected chi connectivity index (χ4v) is 3.15. The summed E-state index contributed by atoms with van der Waals surface area (Å²) in [4.78, 5) is 24.3. The summed E-state index contributed by atoms with van der Waals surface area (Å²) in [5, 5.41) is 7.12. The van der Waals surface area contributed by atoms with Crippen molar-refractivity contribution in [3.63, 3.8) is 0 Å². The van der Waals surface area contributed by atoms with E-state index >= 15 is 0 Å². The van der Waals surface area contributed by atoms with Crippen LogP contribution in [0, 0.1) is 0 Å². The number of benzene rings is 1. The fourth-order valence-electron chi connectivity index (χ4n) is 3.15. The van der Waals surface area contributed by atoms with Crippen molar-refractivity contribution in [2.75, 3.05) is 11.9 Å². The molecule has 0 bridgehead atoms. The highest BCUT2D eigenvalue weighted by Gasteiger charge is 2.10. The van der Waals surface area contributed by atoms with Crippen LogP contribution in [0.25, 0.3) is 10.8 Å². The summed E-state index contributed by atoms with van der Waals surface area (Å²) in [7, 11) is 1.69. The van der Waals surface area contributed by atoms with Crippen molar-refractivity contribution in [1.29, 1.82) is 0 Å². The van der Waals surface area contributed by atoms with Crippen molar-refractivity contribution >= 4 is 22.5 Å². The van der Waals surface area contributed by atoms with Gasteiger partial charge >= 0.3 is 6.03 Å². The molecule has 0 aliphatic heterocycles. The van der Waals surface area contributed by atoms with E-state index in [0.29, 0.717) is 17.6 Å². The average molecular weight is 325 g/mol. The molecule has 3 rings (SSSR count). The first-order chi connectivity index (χ1) is 11.6. The van der Waals surface area contributed by atoms with Crippen molar-refractivity contribution in [2.45, 2.75) is 32.1 Å². The Labute approximate surface area is 141 Å². The summed E-state index contributed by atoms with van der Waals surface area (Å²) in [5.41, 5.74) is 2.01. The van der Waals surface area contributed by atoms with E-state index in [1.54, 1.807) is 19.3 Å². The summed E-state index contributed by atoms with van der Waals surface area (Å²) in [6.07, 6.45) is 9.69. The number of rotatable bonds is 4. The number of anilines is 1. The van der Waals surface area contributed by atoms with Crippen LogP contribution in [0.1, 0.15) is 32.1 Å². The molecular weight excluding hydrogens is 302 g/mol. The Hall–Kier alpha value is -2.56. The number of hydrogen-bond donors (Lipinski definition) is 2. The van der Waals surface area contributed by atoms with Crippen LogP contribution in [0.5, 0.6) is 0 Å². The largest absolute Gasteiger partial charge is 0.338 e. The molecule has 0 unspecified atom stereocenters. The number of carbonyl (C=O) groups excluding carboxylic acids is 1. The number of pyridine rings is 1. The lowest BCUT2D eigenvalue weighted by Crippen LogP contribution is -2.30. The maximum absolute atomic E-state index is 12.2. The number of allylic oxidation sites excluding steroid dienone is 1. The molecule has 126 valence electrons. The van der Waals surface area contributed by atoms with Gasteiger partial charge in [0.05, 0.1) is 5.69 Å². The molecular formula is C19H23N3O2. The number of carbonyl (C=O) groups is 1. The van der Waals surface area contributed by atoms with E-state index in [9.17, 15) is 9.59 Å². The van der Waals surface area contributed by atoms with Crippen molar-refractivity contribution in [1.82, 2.24) is 9.88 Å². The van der Waals surface area contributed by atoms with Crippen LogP contribution in [-0.2, 0) is 7.05 Å². The molecule has 0 atom stereocenters. The van der Waals surface area contributed by atoms with Gasteiger partial charge in [0.2, 0.25) is 0 Å². The predicted octanol–water partition coefficient (Wildman–Crippen LogP) is 3.55. The van der Waals surface area contributed by atoms with Crippen molar-refractivity contribution < 1.29 is 4.79 Å². The molecule has 2 amide bonds. The molecule has 24 heavy (non-hydrogen) atoms. The number of aryl methyl sites for hydroxylation is 1. The van der Waals surface area contributed by atoms with E-state index in [1.165, 1.54) is 23.0 Å². The number of aromatic nitrogens is 1. The summed E-state index contributed by atoms with van der Waals surface area (Å²) in [6.45, 7) is 0.626. The number of amides is 2. The number of urea groups is 1. The van der Waals surface area contributed by atoms with Crippen LogP contribution in [0.4, 0.5) is 10.5 Å². The van der Waals surface area contributed by atoms with E-state index in [0.717, 1.165) is 24.6 Å². The van der Waals surface area contributed by atoms with Crippen LogP contribution in [0.2, 0.25) is 0 Å². The monoisotopic (exact) mass is 325 g/mol. The molecule has 2 aromatic rings. The molecule has 1 heterocycles. The smallest absolute Gasteiger partial charge is 0.319 e. The minimum absolute atomic E-state index is 0.0687. The first-order valence-corrected chi connectivity index (χ1v) is 8.46. The first kappa shape index (κ1) is 16.3. The van der Waals surface area contributed by atoms with E-state index in [4.69, 9.17) is 0 Å². The first-order valence-electron chi connectivity index (χ1n) is 8.46. The summed E-state index contributed by atoms with van der Waals surface area (Å²) < 4.78 is 1.49. The van der Waals surface area contributed by atoms with Crippen molar-refractivity contribution in [3.8, 4) is 0 Å². The quantitative estimate of drug-likeness (QED) is 0.844. The van der Waals surface area contributed by atoms with Crippen LogP contribution < -0.4 is 16.2 Å². The highest BCUT2D eigenvalue weighted by molar-refractivity contribution is 6.00. The van der Waals surface area contributed by atoms with Crippen molar-refractivity contribution in [2.24, 2.45) is 7.05 Å². The van der Waals surface area contributed by atoms with Crippen LogP contribution in [-0.4, -0.2) is 17.1 Å². The zero-order valence-electron chi connectivity index (χ0n) is 14.0. The molecule has 0 spiro atoms. The highest BCUT2D eigenvalue weighted by Crippen LogP contribution is 2.21. The summed E-state index contributed by atoms with van der Waals surface area (Å²) >= 11 is 0. The minimum Gasteiger partial charge on any atom is -0.338 e. The Bertz CT molecular complexity index is 836. The van der Waals surface area contributed by atoms with Gasteiger partial charge in [-0.1, -0.05) is 29.8 Å². The maximum Gasteiger partial charge on any atom is 0.319 e. The molecule has 1 aliphatic rings. The molecule has 5 nitrogen and oxygen atoms in total. The SMILES string of the molecule is Cn1cc(NC(=O)NCCC2=CCCCC2)c2ccccc2c1=O. The van der Waals surface area contributed by atoms with Gasteiger partial charge in [0, 0.05) is 30.6 Å². The number of nitrogens with zero attached hydrogens (tertiary/aromatic N) is 1. The third-order valence-electron chi connectivity index (χ3n) is 4.46. The van der Waals surface area contributed by atoms with E-state index < -0.39 is 0 Å². The predicted molar refractivity (Wildman–Crippen MR) is 97.4 cm³/mol. The standard InChI is InChI=1S/C19H23N3O2/c1-22-13-17(15-9-5-6-10-16(15)18(22)23)21-19(24)20-12-11-14-7-3-2-4-8-14/h5-7,9-10,13H,2-4,8,11-12H2,1H3,(H2,20,21,24). The molecule has 5 heteroatoms. The summed E-state index contributed by atoms with van der Waals surface area (Å²) in [5.74, 6) is 0. The maximum atomic E-state index is 12.2. The second-order valence-corrected chi connectivity index (χ2v) is 6.24. The zero-order chi connectivity index (χ0) is 16.9. The molecule has 1 aromatic heterocycles. The fraction of sp³-hybridized carbons (Fsp3) is 0.368. The van der Waals surface area contributed by atoms with Gasteiger partial charge in [0.25, 0.3) is 5.56 Å². The molecule has 1 aliphatic carbocycles. The lowest BCUT2D eigenvalue weighted by molar-refractivity contribution is 0.252. The van der Waals surface area contributed by atoms with Gasteiger partial charge in [-0.15, -0.1) is 0 Å². The lowest BCUT2D eigenvalue weighted by Gasteiger charge is -2.14. The van der Waals surface area contributed by atoms with Gasteiger partial charge in [0.1, 0.15) is 0 Å². The van der Waals surface area contributed by atoms with E-state index in [2.05, 4.69) is 16.7 Å². The van der Waals surface area contributed by atoms with Crippen LogP contribution in [0.15, 0.2) is 46.9 Å². The number of hydrogen-bond acceptors (Lipinski definition) is 2. The van der Waals surface area contributed by atoms with Gasteiger partial charge in [-0.3, -0.25) is 4.79 Å². The Kier molecular flexibility index (Phi) is 4.99. The number of nitrogens with one attached hydrogen (secondary N) is 2. The molecule has 0 saturated heterocycles. The van der Waals surface area contributed by atoms with Gasteiger partial charge in [-0.2, -0.15) is 0 Å². The second-order valence-electron chi connectivity index (χ2n) is 6.24. The Morgan fingerprint density at radius 1 is 1.21 bits per heavy atom. The van der Waals surface area contributed by atoms with Gasteiger partial charge in [-0.25, -0.2) is 4.79 Å². The van der Waals surface area contributed by atoms with Gasteiger partial charge < -0.3 is 15.2 Å². The molecule has 1 aromatic carbocycles. The van der Waals surface area contributed by atoms with E-state index in [-0.39, 0.29) is 11.6 Å². The molecule has 2 N–H and O–H groups in total. The topological polar surface area (TPSA) is 63.1 Å². The summed E-state index contributed by atoms with van der Waals surface area (Å²) in [6, 6.07) is 7.07. The van der Waals surface area contributed by atoms with E-state index in [1.807, 2.05) is 18.2 Å². The average Bonchev–Trinajstić information content (AvgIpc) is 2.60. The van der Waals surface area contributed by atoms with Crippen LogP contribution in [0.3, 0.4) is 0 Å². The Balaban J connectivity index is 1.66. The Morgan fingerprint density at radius 2 is 2.00 bits per heavy atom. The van der Waals surface area contributed by atoms with Gasteiger partial charge in [0.15, 0.2) is 0 Å². The third kappa shape index (κ3) is 3.67. The van der Waals surface area contributed by atoms with Crippen LogP contribution >= 0.6 is 0 Å². The third-order valence-corrected chi connectivity index (χ3v) is 4.46. The zero-order valence-corrected chi connectivity index (χ0v) is 14.0. The lowest BCUT2D eigenvalue weighted by atomic mass is 9.97.